The number of piperazine rings is 1. The van der Waals surface area contributed by atoms with Crippen LogP contribution in [0.5, 0.6) is 6.01 Å². The van der Waals surface area contributed by atoms with Crippen LogP contribution in [0.2, 0.25) is 0 Å². The van der Waals surface area contributed by atoms with Crippen LogP contribution in [0.3, 0.4) is 0 Å². The molecule has 7 nitrogen and oxygen atoms in total. The van der Waals surface area contributed by atoms with E-state index in [2.05, 4.69) is 26.2 Å². The highest BCUT2D eigenvalue weighted by molar-refractivity contribution is 5.92. The Kier molecular flexibility index (Phi) is 5.95. The normalized spacial score (nSPS) is 30.1. The summed E-state index contributed by atoms with van der Waals surface area (Å²) in [5, 5.41) is 4.28. The molecular formula is C31H36F2N6O. The zero-order chi connectivity index (χ0) is 26.8. The molecule has 6 heterocycles. The average molecular weight is 547 g/mol. The highest BCUT2D eigenvalue weighted by Crippen LogP contribution is 2.43. The molecule has 4 saturated heterocycles. The molecule has 1 aromatic carbocycles. The summed E-state index contributed by atoms with van der Waals surface area (Å²) in [5.74, 6) is 0.698. The molecule has 4 atom stereocenters. The maximum absolute atomic E-state index is 16.5. The third-order valence-electron chi connectivity index (χ3n) is 10.2. The molecule has 9 heteroatoms. The maximum Gasteiger partial charge on any atom is 0.319 e. The Hall–Kier alpha value is -2.91. The lowest BCUT2D eigenvalue weighted by atomic mass is 9.77. The second-order valence-corrected chi connectivity index (χ2v) is 12.6. The van der Waals surface area contributed by atoms with Gasteiger partial charge in [0.05, 0.1) is 10.9 Å². The molecule has 5 fully saturated rings. The van der Waals surface area contributed by atoms with E-state index < -0.39 is 12.0 Å². The predicted molar refractivity (Wildman–Crippen MR) is 150 cm³/mol. The first kappa shape index (κ1) is 24.9. The highest BCUT2D eigenvalue weighted by Gasteiger charge is 2.49. The molecule has 5 aliphatic rings. The first-order valence-corrected chi connectivity index (χ1v) is 15.0. The number of hydrogen-bond donors (Lipinski definition) is 1. The Morgan fingerprint density at radius 2 is 1.85 bits per heavy atom. The molecule has 210 valence electrons. The molecule has 0 spiro atoms. The summed E-state index contributed by atoms with van der Waals surface area (Å²) in [6, 6.07) is 9.01. The number of aromatic nitrogens is 3. The van der Waals surface area contributed by atoms with Gasteiger partial charge in [-0.25, -0.2) is 8.78 Å². The van der Waals surface area contributed by atoms with Gasteiger partial charge < -0.3 is 15.0 Å². The van der Waals surface area contributed by atoms with Crippen molar-refractivity contribution in [2.24, 2.45) is 0 Å². The fourth-order valence-electron chi connectivity index (χ4n) is 7.92. The summed E-state index contributed by atoms with van der Waals surface area (Å²) < 4.78 is 37.2. The van der Waals surface area contributed by atoms with Crippen LogP contribution in [0.15, 0.2) is 30.5 Å². The van der Waals surface area contributed by atoms with Gasteiger partial charge in [0, 0.05) is 49.9 Å². The van der Waals surface area contributed by atoms with Crippen molar-refractivity contribution in [3.8, 4) is 17.3 Å². The van der Waals surface area contributed by atoms with Gasteiger partial charge in [0.1, 0.15) is 29.8 Å². The SMILES string of the molecule is Fc1c(-c2ccccc2C2CCC2)ncc2c(N3CC4CCC(C3)N4)nc(OCC34CCCN3C[C@H](F)C4)nc12. The first-order chi connectivity index (χ1) is 19.6. The summed E-state index contributed by atoms with van der Waals surface area (Å²) in [5.41, 5.74) is 2.26. The number of halogens is 2. The van der Waals surface area contributed by atoms with Gasteiger partial charge in [-0.1, -0.05) is 30.7 Å². The van der Waals surface area contributed by atoms with Crippen molar-refractivity contribution in [1.82, 2.24) is 25.2 Å². The number of nitrogens with one attached hydrogen (secondary N) is 1. The van der Waals surface area contributed by atoms with Crippen molar-refractivity contribution in [3.05, 3.63) is 41.8 Å². The number of hydrogen-bond acceptors (Lipinski definition) is 7. The van der Waals surface area contributed by atoms with Crippen LogP contribution in [0.4, 0.5) is 14.6 Å². The molecule has 8 rings (SSSR count). The van der Waals surface area contributed by atoms with Crippen LogP contribution < -0.4 is 15.0 Å². The van der Waals surface area contributed by atoms with Crippen LogP contribution in [-0.2, 0) is 0 Å². The Labute approximate surface area is 233 Å². The Morgan fingerprint density at radius 1 is 1.02 bits per heavy atom. The van der Waals surface area contributed by atoms with E-state index in [0.29, 0.717) is 54.5 Å². The molecule has 0 amide bonds. The van der Waals surface area contributed by atoms with E-state index >= 15 is 4.39 Å². The number of rotatable bonds is 6. The first-order valence-electron chi connectivity index (χ1n) is 15.0. The lowest BCUT2D eigenvalue weighted by Crippen LogP contribution is -2.51. The predicted octanol–water partition coefficient (Wildman–Crippen LogP) is 4.99. The van der Waals surface area contributed by atoms with Crippen LogP contribution >= 0.6 is 0 Å². The lowest BCUT2D eigenvalue weighted by molar-refractivity contribution is 0.107. The fraction of sp³-hybridized carbons (Fsp3) is 0.581. The smallest absolute Gasteiger partial charge is 0.319 e. The Balaban J connectivity index is 1.21. The van der Waals surface area contributed by atoms with E-state index in [1.165, 1.54) is 6.42 Å². The van der Waals surface area contributed by atoms with E-state index in [9.17, 15) is 4.39 Å². The minimum absolute atomic E-state index is 0.167. The summed E-state index contributed by atoms with van der Waals surface area (Å²) in [7, 11) is 0. The van der Waals surface area contributed by atoms with Crippen molar-refractivity contribution in [2.45, 2.75) is 81.1 Å². The molecule has 3 unspecified atom stereocenters. The Bertz CT molecular complexity index is 1440. The summed E-state index contributed by atoms with van der Waals surface area (Å²) >= 11 is 0. The summed E-state index contributed by atoms with van der Waals surface area (Å²) in [4.78, 5) is 18.7. The zero-order valence-corrected chi connectivity index (χ0v) is 22.8. The maximum atomic E-state index is 16.5. The molecule has 40 heavy (non-hydrogen) atoms. The quantitative estimate of drug-likeness (QED) is 0.467. The van der Waals surface area contributed by atoms with Crippen molar-refractivity contribution >= 4 is 16.7 Å². The molecule has 3 aromatic rings. The summed E-state index contributed by atoms with van der Waals surface area (Å²) in [6.07, 6.45) is 9.03. The molecule has 1 N–H and O–H groups in total. The van der Waals surface area contributed by atoms with E-state index in [1.807, 2.05) is 18.2 Å². The van der Waals surface area contributed by atoms with Gasteiger partial charge in [0.2, 0.25) is 0 Å². The number of alkyl halides is 1. The third kappa shape index (κ3) is 4.07. The van der Waals surface area contributed by atoms with Gasteiger partial charge in [-0.05, 0) is 56.6 Å². The van der Waals surface area contributed by atoms with Crippen molar-refractivity contribution < 1.29 is 13.5 Å². The van der Waals surface area contributed by atoms with E-state index in [1.54, 1.807) is 6.20 Å². The molecule has 2 aromatic heterocycles. The van der Waals surface area contributed by atoms with Crippen LogP contribution in [0.25, 0.3) is 22.2 Å². The van der Waals surface area contributed by atoms with E-state index in [0.717, 1.165) is 69.3 Å². The number of fused-ring (bicyclic) bond motifs is 4. The fourth-order valence-corrected chi connectivity index (χ4v) is 7.92. The van der Waals surface area contributed by atoms with E-state index in [4.69, 9.17) is 14.7 Å². The van der Waals surface area contributed by atoms with Crippen molar-refractivity contribution in [3.63, 3.8) is 0 Å². The molecule has 0 radical (unpaired) electrons. The molecule has 1 saturated carbocycles. The third-order valence-corrected chi connectivity index (χ3v) is 10.2. The molecule has 2 bridgehead atoms. The van der Waals surface area contributed by atoms with Gasteiger partial charge in [0.25, 0.3) is 0 Å². The van der Waals surface area contributed by atoms with Gasteiger partial charge in [-0.15, -0.1) is 0 Å². The summed E-state index contributed by atoms with van der Waals surface area (Å²) in [6.45, 7) is 3.27. The average Bonchev–Trinajstić information content (AvgIpc) is 3.57. The Morgan fingerprint density at radius 3 is 2.65 bits per heavy atom. The minimum Gasteiger partial charge on any atom is -0.461 e. The van der Waals surface area contributed by atoms with Crippen LogP contribution in [0, 0.1) is 5.82 Å². The van der Waals surface area contributed by atoms with Crippen LogP contribution in [-0.4, -0.2) is 76.4 Å². The largest absolute Gasteiger partial charge is 0.461 e. The number of ether oxygens (including phenoxy) is 1. The molecule has 1 aliphatic carbocycles. The monoisotopic (exact) mass is 546 g/mol. The number of anilines is 1. The second kappa shape index (κ2) is 9.58. The molecule has 4 aliphatic heterocycles. The van der Waals surface area contributed by atoms with E-state index in [-0.39, 0.29) is 17.1 Å². The standard InChI is InChI=1S/C31H36F2N6O/c32-20-13-31(11-4-12-39(31)15-20)18-40-30-36-28-25(29(37-30)38-16-21-9-10-22(17-38)35-21)14-34-27(26(28)33)24-8-2-1-7-23(24)19-5-3-6-19/h1-2,7-8,14,19-22,35H,3-6,9-13,15-18H2/t20-,21?,22?,31?/m1/s1. The number of pyridine rings is 1. The van der Waals surface area contributed by atoms with Gasteiger partial charge in [-0.3, -0.25) is 9.88 Å². The topological polar surface area (TPSA) is 66.4 Å². The van der Waals surface area contributed by atoms with Gasteiger partial charge in [-0.2, -0.15) is 9.97 Å². The van der Waals surface area contributed by atoms with Gasteiger partial charge >= 0.3 is 6.01 Å². The van der Waals surface area contributed by atoms with Gasteiger partial charge in [0.15, 0.2) is 5.82 Å². The zero-order valence-electron chi connectivity index (χ0n) is 22.8. The van der Waals surface area contributed by atoms with Crippen molar-refractivity contribution in [2.75, 3.05) is 37.7 Å². The number of benzene rings is 1. The van der Waals surface area contributed by atoms with Crippen molar-refractivity contribution in [1.29, 1.82) is 0 Å². The second-order valence-electron chi connectivity index (χ2n) is 12.6. The minimum atomic E-state index is -0.838. The number of nitrogens with zero attached hydrogens (tertiary/aromatic N) is 5. The highest BCUT2D eigenvalue weighted by atomic mass is 19.1. The van der Waals surface area contributed by atoms with Crippen LogP contribution in [0.1, 0.15) is 62.8 Å². The lowest BCUT2D eigenvalue weighted by Gasteiger charge is -2.34. The molecular weight excluding hydrogens is 510 g/mol.